The van der Waals surface area contributed by atoms with Crippen LogP contribution < -0.4 is 4.90 Å². The van der Waals surface area contributed by atoms with Crippen LogP contribution in [0.1, 0.15) is 32.6 Å². The number of para-hydroxylation sites is 1. The van der Waals surface area contributed by atoms with Gasteiger partial charge in [-0.1, -0.05) is 24.6 Å². The van der Waals surface area contributed by atoms with Gasteiger partial charge in [0.15, 0.2) is 0 Å². The summed E-state index contributed by atoms with van der Waals surface area (Å²) < 4.78 is 0. The molecule has 1 aliphatic carbocycles. The SMILES string of the molecule is CC(=O)N(C[C@@H]1CCCCC1=O)c1ccccc1. The second kappa shape index (κ2) is 5.80. The quantitative estimate of drug-likeness (QED) is 0.821. The van der Waals surface area contributed by atoms with Gasteiger partial charge in [0.1, 0.15) is 5.78 Å². The molecule has 0 radical (unpaired) electrons. The highest BCUT2D eigenvalue weighted by Crippen LogP contribution is 2.24. The van der Waals surface area contributed by atoms with Crippen LogP contribution in [0.25, 0.3) is 0 Å². The molecule has 0 unspecified atom stereocenters. The summed E-state index contributed by atoms with van der Waals surface area (Å²) in [6.45, 7) is 2.08. The highest BCUT2D eigenvalue weighted by atomic mass is 16.2. The second-order valence-corrected chi connectivity index (χ2v) is 4.87. The molecule has 0 spiro atoms. The van der Waals surface area contributed by atoms with E-state index in [1.807, 2.05) is 30.3 Å². The first-order valence-electron chi connectivity index (χ1n) is 6.54. The number of amides is 1. The maximum Gasteiger partial charge on any atom is 0.223 e. The molecule has 2 rings (SSSR count). The van der Waals surface area contributed by atoms with Crippen LogP contribution in [-0.4, -0.2) is 18.2 Å². The number of hydrogen-bond donors (Lipinski definition) is 0. The van der Waals surface area contributed by atoms with Crippen molar-refractivity contribution in [1.29, 1.82) is 0 Å². The molecule has 1 amide bonds. The van der Waals surface area contributed by atoms with E-state index in [0.29, 0.717) is 18.7 Å². The molecule has 1 aromatic rings. The number of carbonyl (C=O) groups is 2. The third kappa shape index (κ3) is 2.97. The zero-order chi connectivity index (χ0) is 13.0. The van der Waals surface area contributed by atoms with Gasteiger partial charge in [0.25, 0.3) is 0 Å². The molecule has 3 nitrogen and oxygen atoms in total. The molecule has 0 aromatic heterocycles. The zero-order valence-corrected chi connectivity index (χ0v) is 10.8. The molecule has 0 bridgehead atoms. The third-order valence-corrected chi connectivity index (χ3v) is 3.53. The van der Waals surface area contributed by atoms with Crippen LogP contribution in [0.2, 0.25) is 0 Å². The first kappa shape index (κ1) is 12.8. The Labute approximate surface area is 108 Å². The smallest absolute Gasteiger partial charge is 0.223 e. The van der Waals surface area contributed by atoms with Crippen molar-refractivity contribution in [3.8, 4) is 0 Å². The first-order chi connectivity index (χ1) is 8.68. The Kier molecular flexibility index (Phi) is 4.13. The molecule has 1 fully saturated rings. The molecule has 0 aliphatic heterocycles. The number of nitrogens with zero attached hydrogens (tertiary/aromatic N) is 1. The fourth-order valence-electron chi connectivity index (χ4n) is 2.49. The number of anilines is 1. The van der Waals surface area contributed by atoms with Gasteiger partial charge >= 0.3 is 0 Å². The lowest BCUT2D eigenvalue weighted by Gasteiger charge is -2.28. The van der Waals surface area contributed by atoms with Crippen molar-refractivity contribution in [2.75, 3.05) is 11.4 Å². The number of Topliss-reactive ketones (excluding diaryl/α,β-unsaturated/α-hetero) is 1. The Morgan fingerprint density at radius 2 is 2.00 bits per heavy atom. The minimum Gasteiger partial charge on any atom is -0.312 e. The van der Waals surface area contributed by atoms with Crippen molar-refractivity contribution >= 4 is 17.4 Å². The summed E-state index contributed by atoms with van der Waals surface area (Å²) in [5, 5.41) is 0. The summed E-state index contributed by atoms with van der Waals surface area (Å²) in [7, 11) is 0. The summed E-state index contributed by atoms with van der Waals surface area (Å²) >= 11 is 0. The minimum atomic E-state index is -0.000395. The van der Waals surface area contributed by atoms with E-state index < -0.39 is 0 Å². The van der Waals surface area contributed by atoms with E-state index >= 15 is 0 Å². The Morgan fingerprint density at radius 3 is 2.61 bits per heavy atom. The number of rotatable bonds is 3. The van der Waals surface area contributed by atoms with Crippen molar-refractivity contribution in [3.63, 3.8) is 0 Å². The number of hydrogen-bond acceptors (Lipinski definition) is 2. The standard InChI is InChI=1S/C15H19NO2/c1-12(17)16(14-8-3-2-4-9-14)11-13-7-5-6-10-15(13)18/h2-4,8-9,13H,5-7,10-11H2,1H3/t13-/m0/s1. The van der Waals surface area contributed by atoms with E-state index in [9.17, 15) is 9.59 Å². The minimum absolute atomic E-state index is 0.000395. The van der Waals surface area contributed by atoms with E-state index in [2.05, 4.69) is 0 Å². The number of carbonyl (C=O) groups excluding carboxylic acids is 2. The Balaban J connectivity index is 2.12. The van der Waals surface area contributed by atoms with E-state index in [0.717, 1.165) is 24.9 Å². The van der Waals surface area contributed by atoms with Crippen molar-refractivity contribution in [2.45, 2.75) is 32.6 Å². The van der Waals surface area contributed by atoms with E-state index in [4.69, 9.17) is 0 Å². The Morgan fingerprint density at radius 1 is 1.28 bits per heavy atom. The van der Waals surface area contributed by atoms with Crippen molar-refractivity contribution in [1.82, 2.24) is 0 Å². The molecule has 0 heterocycles. The van der Waals surface area contributed by atoms with Crippen molar-refractivity contribution in [3.05, 3.63) is 30.3 Å². The maximum atomic E-state index is 11.8. The van der Waals surface area contributed by atoms with Crippen LogP contribution in [0, 0.1) is 5.92 Å². The average molecular weight is 245 g/mol. The summed E-state index contributed by atoms with van der Waals surface area (Å²) in [4.78, 5) is 25.3. The fourth-order valence-corrected chi connectivity index (χ4v) is 2.49. The lowest BCUT2D eigenvalue weighted by molar-refractivity contribution is -0.124. The molecule has 0 saturated heterocycles. The number of ketones is 1. The molecular formula is C15H19NO2. The van der Waals surface area contributed by atoms with Gasteiger partial charge in [-0.2, -0.15) is 0 Å². The van der Waals surface area contributed by atoms with Crippen LogP contribution in [0.15, 0.2) is 30.3 Å². The summed E-state index contributed by atoms with van der Waals surface area (Å²) in [5.41, 5.74) is 0.878. The van der Waals surface area contributed by atoms with E-state index in [-0.39, 0.29) is 11.8 Å². The Bertz CT molecular complexity index is 427. The van der Waals surface area contributed by atoms with Crippen LogP contribution in [0.5, 0.6) is 0 Å². The average Bonchev–Trinajstić information content (AvgIpc) is 2.38. The van der Waals surface area contributed by atoms with Crippen LogP contribution in [0.3, 0.4) is 0 Å². The molecule has 1 saturated carbocycles. The van der Waals surface area contributed by atoms with Gasteiger partial charge in [0, 0.05) is 31.5 Å². The summed E-state index contributed by atoms with van der Waals surface area (Å²) in [5.74, 6) is 0.325. The van der Waals surface area contributed by atoms with Crippen LogP contribution >= 0.6 is 0 Å². The van der Waals surface area contributed by atoms with E-state index in [1.54, 1.807) is 11.8 Å². The largest absolute Gasteiger partial charge is 0.312 e. The van der Waals surface area contributed by atoms with Gasteiger partial charge in [-0.15, -0.1) is 0 Å². The maximum absolute atomic E-state index is 11.8. The highest BCUT2D eigenvalue weighted by molar-refractivity contribution is 5.93. The predicted molar refractivity (Wildman–Crippen MR) is 71.4 cm³/mol. The molecule has 1 atom stereocenters. The zero-order valence-electron chi connectivity index (χ0n) is 10.8. The summed E-state index contributed by atoms with van der Waals surface area (Å²) in [6.07, 6.45) is 3.68. The lowest BCUT2D eigenvalue weighted by atomic mass is 9.87. The van der Waals surface area contributed by atoms with Gasteiger partial charge in [-0.05, 0) is 25.0 Å². The first-order valence-corrected chi connectivity index (χ1v) is 6.54. The van der Waals surface area contributed by atoms with Gasteiger partial charge < -0.3 is 4.90 Å². The number of benzene rings is 1. The fraction of sp³-hybridized carbons (Fsp3) is 0.467. The monoisotopic (exact) mass is 245 g/mol. The molecule has 18 heavy (non-hydrogen) atoms. The molecule has 0 N–H and O–H groups in total. The third-order valence-electron chi connectivity index (χ3n) is 3.53. The van der Waals surface area contributed by atoms with Crippen molar-refractivity contribution in [2.24, 2.45) is 5.92 Å². The molecule has 1 aliphatic rings. The second-order valence-electron chi connectivity index (χ2n) is 4.87. The normalized spacial score (nSPS) is 19.6. The summed E-state index contributed by atoms with van der Waals surface area (Å²) in [6, 6.07) is 9.57. The van der Waals surface area contributed by atoms with Crippen LogP contribution in [0.4, 0.5) is 5.69 Å². The molecule has 96 valence electrons. The van der Waals surface area contributed by atoms with Gasteiger partial charge in [-0.3, -0.25) is 9.59 Å². The highest BCUT2D eigenvalue weighted by Gasteiger charge is 2.26. The van der Waals surface area contributed by atoms with Crippen LogP contribution in [-0.2, 0) is 9.59 Å². The van der Waals surface area contributed by atoms with Crippen molar-refractivity contribution < 1.29 is 9.59 Å². The predicted octanol–water partition coefficient (Wildman–Crippen LogP) is 2.80. The Hall–Kier alpha value is -1.64. The molecular weight excluding hydrogens is 226 g/mol. The topological polar surface area (TPSA) is 37.4 Å². The van der Waals surface area contributed by atoms with Gasteiger partial charge in [0.05, 0.1) is 0 Å². The van der Waals surface area contributed by atoms with Gasteiger partial charge in [0.2, 0.25) is 5.91 Å². The van der Waals surface area contributed by atoms with E-state index in [1.165, 1.54) is 0 Å². The molecule has 1 aromatic carbocycles. The van der Waals surface area contributed by atoms with Gasteiger partial charge in [-0.25, -0.2) is 0 Å². The lowest BCUT2D eigenvalue weighted by Crippen LogP contribution is -2.37. The molecule has 3 heteroatoms.